The van der Waals surface area contributed by atoms with Crippen molar-refractivity contribution in [2.45, 2.75) is 25.6 Å². The van der Waals surface area contributed by atoms with Gasteiger partial charge in [-0.3, -0.25) is 4.98 Å². The maximum atomic E-state index is 12.5. The lowest BCUT2D eigenvalue weighted by Crippen LogP contribution is -2.14. The number of hydrogen-bond donors (Lipinski definition) is 1. The number of benzene rings is 1. The maximum absolute atomic E-state index is 12.5. The standard InChI is InChI=1S/C15H15F3N2/c1-10-6-12(9-20-8-10)14(19)7-11-2-4-13(5-3-11)15(16,17)18/h2-6,8-9,14H,7,19H2,1H3. The van der Waals surface area contributed by atoms with E-state index in [4.69, 9.17) is 5.73 Å². The third-order valence-corrected chi connectivity index (χ3v) is 3.06. The fourth-order valence-corrected chi connectivity index (χ4v) is 1.98. The van der Waals surface area contributed by atoms with Crippen molar-refractivity contribution >= 4 is 0 Å². The third kappa shape index (κ3) is 3.57. The Morgan fingerprint density at radius 3 is 2.35 bits per heavy atom. The van der Waals surface area contributed by atoms with E-state index in [9.17, 15) is 13.2 Å². The molecule has 2 nitrogen and oxygen atoms in total. The quantitative estimate of drug-likeness (QED) is 0.932. The molecule has 0 fully saturated rings. The zero-order valence-corrected chi connectivity index (χ0v) is 11.0. The van der Waals surface area contributed by atoms with Crippen molar-refractivity contribution in [1.29, 1.82) is 0 Å². The molecule has 5 heteroatoms. The fraction of sp³-hybridized carbons (Fsp3) is 0.267. The van der Waals surface area contributed by atoms with Crippen LogP contribution in [-0.4, -0.2) is 4.98 Å². The molecule has 1 unspecified atom stereocenters. The SMILES string of the molecule is Cc1cncc(C(N)Cc2ccc(C(F)(F)F)cc2)c1. The normalized spacial score (nSPS) is 13.2. The summed E-state index contributed by atoms with van der Waals surface area (Å²) in [6.45, 7) is 1.92. The summed E-state index contributed by atoms with van der Waals surface area (Å²) in [7, 11) is 0. The number of halogens is 3. The smallest absolute Gasteiger partial charge is 0.324 e. The monoisotopic (exact) mass is 280 g/mol. The highest BCUT2D eigenvalue weighted by atomic mass is 19.4. The Bertz CT molecular complexity index is 576. The number of pyridine rings is 1. The molecule has 1 aromatic heterocycles. The van der Waals surface area contributed by atoms with Crippen LogP contribution in [0.1, 0.15) is 28.3 Å². The molecule has 0 aliphatic rings. The molecule has 0 aliphatic carbocycles. The van der Waals surface area contributed by atoms with Gasteiger partial charge in [0.2, 0.25) is 0 Å². The molecule has 106 valence electrons. The van der Waals surface area contributed by atoms with Crippen LogP contribution in [0.3, 0.4) is 0 Å². The summed E-state index contributed by atoms with van der Waals surface area (Å²) in [6.07, 6.45) is -0.416. The number of nitrogens with zero attached hydrogens (tertiary/aromatic N) is 1. The van der Waals surface area contributed by atoms with Gasteiger partial charge in [0.25, 0.3) is 0 Å². The Labute approximate surface area is 115 Å². The number of alkyl halides is 3. The van der Waals surface area contributed by atoms with Gasteiger partial charge in [-0.1, -0.05) is 18.2 Å². The van der Waals surface area contributed by atoms with Crippen molar-refractivity contribution in [1.82, 2.24) is 4.98 Å². The molecule has 20 heavy (non-hydrogen) atoms. The van der Waals surface area contributed by atoms with Crippen LogP contribution in [0.5, 0.6) is 0 Å². The summed E-state index contributed by atoms with van der Waals surface area (Å²) < 4.78 is 37.4. The van der Waals surface area contributed by atoms with Gasteiger partial charge in [0.1, 0.15) is 0 Å². The van der Waals surface area contributed by atoms with E-state index in [0.717, 1.165) is 28.8 Å². The second-order valence-corrected chi connectivity index (χ2v) is 4.80. The highest BCUT2D eigenvalue weighted by Gasteiger charge is 2.29. The van der Waals surface area contributed by atoms with E-state index in [0.29, 0.717) is 6.42 Å². The van der Waals surface area contributed by atoms with Gasteiger partial charge in [-0.05, 0) is 42.2 Å². The lowest BCUT2D eigenvalue weighted by molar-refractivity contribution is -0.137. The van der Waals surface area contributed by atoms with Crippen LogP contribution in [-0.2, 0) is 12.6 Å². The topological polar surface area (TPSA) is 38.9 Å². The number of hydrogen-bond acceptors (Lipinski definition) is 2. The fourth-order valence-electron chi connectivity index (χ4n) is 1.98. The minimum atomic E-state index is -4.30. The summed E-state index contributed by atoms with van der Waals surface area (Å²) in [4.78, 5) is 4.06. The van der Waals surface area contributed by atoms with Gasteiger partial charge < -0.3 is 5.73 Å². The molecule has 0 saturated heterocycles. The summed E-state index contributed by atoms with van der Waals surface area (Å²) in [5, 5.41) is 0. The van der Waals surface area contributed by atoms with Gasteiger partial charge in [-0.25, -0.2) is 0 Å². The molecule has 2 aromatic rings. The second-order valence-electron chi connectivity index (χ2n) is 4.80. The molecule has 2 rings (SSSR count). The van der Waals surface area contributed by atoms with E-state index in [1.165, 1.54) is 12.1 Å². The van der Waals surface area contributed by atoms with Crippen molar-refractivity contribution in [2.24, 2.45) is 5.73 Å². The van der Waals surface area contributed by atoms with Crippen molar-refractivity contribution < 1.29 is 13.2 Å². The molecule has 0 aliphatic heterocycles. The Kier molecular flexibility index (Phi) is 4.09. The average Bonchev–Trinajstić information content (AvgIpc) is 2.38. The number of rotatable bonds is 3. The number of aryl methyl sites for hydroxylation is 1. The van der Waals surface area contributed by atoms with Gasteiger partial charge in [-0.2, -0.15) is 13.2 Å². The molecular formula is C15H15F3N2. The minimum Gasteiger partial charge on any atom is -0.324 e. The molecule has 0 bridgehead atoms. The molecule has 0 radical (unpaired) electrons. The maximum Gasteiger partial charge on any atom is 0.416 e. The Balaban J connectivity index is 2.10. The lowest BCUT2D eigenvalue weighted by atomic mass is 9.99. The molecule has 1 atom stereocenters. The molecule has 1 aromatic carbocycles. The van der Waals surface area contributed by atoms with E-state index in [2.05, 4.69) is 4.98 Å². The molecule has 2 N–H and O–H groups in total. The number of nitrogens with two attached hydrogens (primary N) is 1. The predicted molar refractivity (Wildman–Crippen MR) is 71.1 cm³/mol. The molecule has 0 spiro atoms. The van der Waals surface area contributed by atoms with Crippen LogP contribution >= 0.6 is 0 Å². The Morgan fingerprint density at radius 2 is 1.80 bits per heavy atom. The largest absolute Gasteiger partial charge is 0.416 e. The molecule has 0 amide bonds. The van der Waals surface area contributed by atoms with Gasteiger partial charge in [0.15, 0.2) is 0 Å². The number of aromatic nitrogens is 1. The molecular weight excluding hydrogens is 265 g/mol. The molecule has 1 heterocycles. The van der Waals surface area contributed by atoms with Crippen LogP contribution in [0.15, 0.2) is 42.7 Å². The van der Waals surface area contributed by atoms with Gasteiger partial charge >= 0.3 is 6.18 Å². The first-order valence-corrected chi connectivity index (χ1v) is 6.19. The Hall–Kier alpha value is -1.88. The highest BCUT2D eigenvalue weighted by Crippen LogP contribution is 2.29. The second kappa shape index (κ2) is 5.63. The van der Waals surface area contributed by atoms with Gasteiger partial charge in [-0.15, -0.1) is 0 Å². The summed E-state index contributed by atoms with van der Waals surface area (Å²) in [5.74, 6) is 0. The van der Waals surface area contributed by atoms with Crippen molar-refractivity contribution in [2.75, 3.05) is 0 Å². The van der Waals surface area contributed by atoms with Crippen molar-refractivity contribution in [3.8, 4) is 0 Å². The first-order chi connectivity index (χ1) is 9.36. The van der Waals surface area contributed by atoms with Crippen LogP contribution in [0.2, 0.25) is 0 Å². The van der Waals surface area contributed by atoms with Crippen LogP contribution in [0.25, 0.3) is 0 Å². The average molecular weight is 280 g/mol. The van der Waals surface area contributed by atoms with E-state index in [1.807, 2.05) is 13.0 Å². The van der Waals surface area contributed by atoms with Crippen LogP contribution < -0.4 is 5.73 Å². The molecule has 0 saturated carbocycles. The van der Waals surface area contributed by atoms with Crippen molar-refractivity contribution in [3.05, 3.63) is 65.0 Å². The first kappa shape index (κ1) is 14.5. The van der Waals surface area contributed by atoms with E-state index in [1.54, 1.807) is 12.4 Å². The lowest BCUT2D eigenvalue weighted by Gasteiger charge is -2.13. The summed E-state index contributed by atoms with van der Waals surface area (Å²) in [5.41, 5.74) is 8.07. The highest BCUT2D eigenvalue weighted by molar-refractivity contribution is 5.27. The van der Waals surface area contributed by atoms with Crippen LogP contribution in [0.4, 0.5) is 13.2 Å². The van der Waals surface area contributed by atoms with E-state index >= 15 is 0 Å². The van der Waals surface area contributed by atoms with E-state index in [-0.39, 0.29) is 6.04 Å². The van der Waals surface area contributed by atoms with Gasteiger partial charge in [0.05, 0.1) is 5.56 Å². The minimum absolute atomic E-state index is 0.279. The zero-order valence-electron chi connectivity index (χ0n) is 11.0. The van der Waals surface area contributed by atoms with E-state index < -0.39 is 11.7 Å². The summed E-state index contributed by atoms with van der Waals surface area (Å²) >= 11 is 0. The van der Waals surface area contributed by atoms with Gasteiger partial charge in [0, 0.05) is 18.4 Å². The zero-order chi connectivity index (χ0) is 14.8. The Morgan fingerprint density at radius 1 is 1.15 bits per heavy atom. The predicted octanol–water partition coefficient (Wildman–Crippen LogP) is 3.65. The van der Waals surface area contributed by atoms with Crippen molar-refractivity contribution in [3.63, 3.8) is 0 Å². The van der Waals surface area contributed by atoms with Crippen LogP contribution in [0, 0.1) is 6.92 Å². The third-order valence-electron chi connectivity index (χ3n) is 3.06. The summed E-state index contributed by atoms with van der Waals surface area (Å²) in [6, 6.07) is 6.74. The first-order valence-electron chi connectivity index (χ1n) is 6.19.